The van der Waals surface area contributed by atoms with E-state index in [1.54, 1.807) is 12.1 Å². The molecule has 0 aliphatic heterocycles. The van der Waals surface area contributed by atoms with Crippen molar-refractivity contribution >= 4 is 17.4 Å². The molecule has 1 atom stereocenters. The van der Waals surface area contributed by atoms with Crippen molar-refractivity contribution in [2.45, 2.75) is 26.2 Å². The quantitative estimate of drug-likeness (QED) is 0.785. The molecule has 0 spiro atoms. The minimum absolute atomic E-state index is 0.0823. The second-order valence-corrected chi connectivity index (χ2v) is 4.86. The summed E-state index contributed by atoms with van der Waals surface area (Å²) in [7, 11) is 0. The van der Waals surface area contributed by atoms with E-state index in [4.69, 9.17) is 11.6 Å². The Bertz CT molecular complexity index is 412. The summed E-state index contributed by atoms with van der Waals surface area (Å²) in [6, 6.07) is 4.61. The summed E-state index contributed by atoms with van der Waals surface area (Å²) in [5, 5.41) is 0.0823. The lowest BCUT2D eigenvalue weighted by Crippen LogP contribution is -2.15. The largest absolute Gasteiger partial charge is 0.299 e. The van der Waals surface area contributed by atoms with Crippen LogP contribution in [0.2, 0.25) is 5.02 Å². The molecule has 2 rings (SSSR count). The summed E-state index contributed by atoms with van der Waals surface area (Å²) in [4.78, 5) is 11.9. The second-order valence-electron chi connectivity index (χ2n) is 4.48. The predicted octanol–water partition coefficient (Wildman–Crippen LogP) is 3.64. The molecule has 0 radical (unpaired) electrons. The van der Waals surface area contributed by atoms with Gasteiger partial charge < -0.3 is 0 Å². The van der Waals surface area contributed by atoms with Gasteiger partial charge in [-0.25, -0.2) is 4.39 Å². The Balaban J connectivity index is 2.08. The number of ketones is 1. The fraction of sp³-hybridized carbons (Fsp3) is 0.462. The number of Topliss-reactive ketones (excluding diaryl/α,β-unsaturated/α-hetero) is 1. The first-order chi connectivity index (χ1) is 7.59. The maximum absolute atomic E-state index is 13.2. The molecule has 1 unspecified atom stereocenters. The second kappa shape index (κ2) is 4.54. The van der Waals surface area contributed by atoms with Gasteiger partial charge in [-0.3, -0.25) is 4.79 Å². The lowest BCUT2D eigenvalue weighted by atomic mass is 9.95. The summed E-state index contributed by atoms with van der Waals surface area (Å²) in [5.74, 6) is 0.334. The molecule has 1 aromatic rings. The number of hydrogen-bond donors (Lipinski definition) is 0. The standard InChI is InChI=1S/C13H14ClFO/c1-8(9-5-6-9)12(16)7-10-3-2-4-11(15)13(10)14/h2-4,8-9H,5-7H2,1H3. The lowest BCUT2D eigenvalue weighted by Gasteiger charge is -2.09. The van der Waals surface area contributed by atoms with Gasteiger partial charge in [0.1, 0.15) is 11.6 Å². The summed E-state index contributed by atoms with van der Waals surface area (Å²) in [6.45, 7) is 1.95. The van der Waals surface area contributed by atoms with E-state index in [0.29, 0.717) is 11.5 Å². The van der Waals surface area contributed by atoms with Crippen molar-refractivity contribution in [1.82, 2.24) is 0 Å². The zero-order valence-electron chi connectivity index (χ0n) is 9.17. The summed E-state index contributed by atoms with van der Waals surface area (Å²) in [6.07, 6.45) is 2.53. The van der Waals surface area contributed by atoms with Crippen molar-refractivity contribution in [3.63, 3.8) is 0 Å². The highest BCUT2D eigenvalue weighted by molar-refractivity contribution is 6.31. The molecule has 86 valence electrons. The predicted molar refractivity (Wildman–Crippen MR) is 62.0 cm³/mol. The first-order valence-corrected chi connectivity index (χ1v) is 5.93. The zero-order chi connectivity index (χ0) is 11.7. The van der Waals surface area contributed by atoms with Crippen LogP contribution in [0.1, 0.15) is 25.3 Å². The Kier molecular flexibility index (Phi) is 3.29. The molecule has 1 nitrogen and oxygen atoms in total. The molecule has 16 heavy (non-hydrogen) atoms. The van der Waals surface area contributed by atoms with Crippen molar-refractivity contribution in [2.24, 2.45) is 11.8 Å². The number of rotatable bonds is 4. The molecule has 0 aromatic heterocycles. The third-order valence-electron chi connectivity index (χ3n) is 3.23. The number of carbonyl (C=O) groups excluding carboxylic acids is 1. The lowest BCUT2D eigenvalue weighted by molar-refractivity contribution is -0.122. The Morgan fingerprint density at radius 2 is 2.25 bits per heavy atom. The van der Waals surface area contributed by atoms with E-state index in [1.165, 1.54) is 6.07 Å². The van der Waals surface area contributed by atoms with Gasteiger partial charge in [0.25, 0.3) is 0 Å². The molecule has 1 aromatic carbocycles. The van der Waals surface area contributed by atoms with Crippen LogP contribution in [0.3, 0.4) is 0 Å². The number of halogens is 2. The van der Waals surface area contributed by atoms with Crippen molar-refractivity contribution in [3.8, 4) is 0 Å². The molecule has 3 heteroatoms. The van der Waals surface area contributed by atoms with Gasteiger partial charge in [0.2, 0.25) is 0 Å². The smallest absolute Gasteiger partial charge is 0.142 e. The van der Waals surface area contributed by atoms with Gasteiger partial charge in [0, 0.05) is 12.3 Å². The van der Waals surface area contributed by atoms with E-state index in [-0.39, 0.29) is 23.1 Å². The van der Waals surface area contributed by atoms with Crippen LogP contribution in [-0.4, -0.2) is 5.78 Å². The van der Waals surface area contributed by atoms with Gasteiger partial charge >= 0.3 is 0 Å². The topological polar surface area (TPSA) is 17.1 Å². The van der Waals surface area contributed by atoms with Crippen molar-refractivity contribution in [3.05, 3.63) is 34.6 Å². The fourth-order valence-electron chi connectivity index (χ4n) is 1.89. The summed E-state index contributed by atoms with van der Waals surface area (Å²) in [5.41, 5.74) is 0.596. The highest BCUT2D eigenvalue weighted by Crippen LogP contribution is 2.37. The molecule has 0 amide bonds. The zero-order valence-corrected chi connectivity index (χ0v) is 9.93. The molecule has 1 saturated carbocycles. The fourth-order valence-corrected chi connectivity index (χ4v) is 2.09. The van der Waals surface area contributed by atoms with E-state index in [1.807, 2.05) is 6.92 Å². The Morgan fingerprint density at radius 3 is 2.88 bits per heavy atom. The van der Waals surface area contributed by atoms with Crippen LogP contribution in [0.25, 0.3) is 0 Å². The number of benzene rings is 1. The average molecular weight is 241 g/mol. The molecule has 1 aliphatic rings. The Morgan fingerprint density at radius 1 is 1.56 bits per heavy atom. The third-order valence-corrected chi connectivity index (χ3v) is 3.66. The van der Waals surface area contributed by atoms with Crippen LogP contribution in [0.4, 0.5) is 4.39 Å². The number of hydrogen-bond acceptors (Lipinski definition) is 1. The maximum Gasteiger partial charge on any atom is 0.142 e. The molecule has 0 saturated heterocycles. The van der Waals surface area contributed by atoms with Crippen LogP contribution >= 0.6 is 11.6 Å². The summed E-state index contributed by atoms with van der Waals surface area (Å²) >= 11 is 5.81. The van der Waals surface area contributed by atoms with Gasteiger partial charge in [-0.15, -0.1) is 0 Å². The first kappa shape index (κ1) is 11.6. The average Bonchev–Trinajstić information content (AvgIpc) is 3.07. The van der Waals surface area contributed by atoms with Gasteiger partial charge in [-0.1, -0.05) is 30.7 Å². The number of carbonyl (C=O) groups is 1. The SMILES string of the molecule is CC(C(=O)Cc1cccc(F)c1Cl)C1CC1. The summed E-state index contributed by atoms with van der Waals surface area (Å²) < 4.78 is 13.2. The maximum atomic E-state index is 13.2. The monoisotopic (exact) mass is 240 g/mol. The first-order valence-electron chi connectivity index (χ1n) is 5.55. The minimum Gasteiger partial charge on any atom is -0.299 e. The van der Waals surface area contributed by atoms with Gasteiger partial charge in [0.15, 0.2) is 0 Å². The van der Waals surface area contributed by atoms with Crippen LogP contribution in [0.15, 0.2) is 18.2 Å². The molecule has 1 fully saturated rings. The van der Waals surface area contributed by atoms with E-state index in [9.17, 15) is 9.18 Å². The van der Waals surface area contributed by atoms with Crippen LogP contribution in [-0.2, 0) is 11.2 Å². The van der Waals surface area contributed by atoms with Crippen LogP contribution in [0, 0.1) is 17.7 Å². The Hall–Kier alpha value is -0.890. The van der Waals surface area contributed by atoms with Crippen molar-refractivity contribution in [2.75, 3.05) is 0 Å². The molecular formula is C13H14ClFO. The van der Waals surface area contributed by atoms with E-state index in [0.717, 1.165) is 12.8 Å². The third kappa shape index (κ3) is 2.43. The van der Waals surface area contributed by atoms with Gasteiger partial charge in [-0.2, -0.15) is 0 Å². The molecular weight excluding hydrogens is 227 g/mol. The highest BCUT2D eigenvalue weighted by atomic mass is 35.5. The molecule has 0 bridgehead atoms. The Labute approximate surface area is 99.6 Å². The van der Waals surface area contributed by atoms with E-state index in [2.05, 4.69) is 0 Å². The van der Waals surface area contributed by atoms with Gasteiger partial charge in [-0.05, 0) is 30.4 Å². The van der Waals surface area contributed by atoms with Crippen LogP contribution < -0.4 is 0 Å². The van der Waals surface area contributed by atoms with Crippen molar-refractivity contribution < 1.29 is 9.18 Å². The van der Waals surface area contributed by atoms with E-state index >= 15 is 0 Å². The van der Waals surface area contributed by atoms with Crippen molar-refractivity contribution in [1.29, 1.82) is 0 Å². The molecule has 1 aliphatic carbocycles. The molecule has 0 N–H and O–H groups in total. The van der Waals surface area contributed by atoms with Gasteiger partial charge in [0.05, 0.1) is 5.02 Å². The van der Waals surface area contributed by atoms with E-state index < -0.39 is 5.82 Å². The minimum atomic E-state index is -0.453. The molecule has 0 heterocycles. The normalized spacial score (nSPS) is 17.2. The highest BCUT2D eigenvalue weighted by Gasteiger charge is 2.32. The van der Waals surface area contributed by atoms with Crippen LogP contribution in [0.5, 0.6) is 0 Å².